The molecule has 1 N–H and O–H groups in total. The highest BCUT2D eigenvalue weighted by atomic mass is 19.1. The van der Waals surface area contributed by atoms with E-state index in [0.717, 1.165) is 11.1 Å². The van der Waals surface area contributed by atoms with Crippen LogP contribution in [0.25, 0.3) is 33.6 Å². The zero-order valence-corrected chi connectivity index (χ0v) is 20.6. The molecule has 0 radical (unpaired) electrons. The maximum absolute atomic E-state index is 14.6. The fourth-order valence-corrected chi connectivity index (χ4v) is 4.51. The molecule has 2 aromatic carbocycles. The van der Waals surface area contributed by atoms with Crippen LogP contribution in [0.1, 0.15) is 21.8 Å². The molecule has 1 amide bonds. The van der Waals surface area contributed by atoms with Crippen LogP contribution in [0.15, 0.2) is 71.5 Å². The van der Waals surface area contributed by atoms with Gasteiger partial charge in [-0.25, -0.2) is 4.39 Å². The molecule has 38 heavy (non-hydrogen) atoms. The Kier molecular flexibility index (Phi) is 6.30. The van der Waals surface area contributed by atoms with Gasteiger partial charge in [0.05, 0.1) is 12.1 Å². The summed E-state index contributed by atoms with van der Waals surface area (Å²) >= 11 is 0. The minimum atomic E-state index is -0.509. The third kappa shape index (κ3) is 4.50. The second-order valence-electron chi connectivity index (χ2n) is 9.09. The van der Waals surface area contributed by atoms with E-state index in [1.165, 1.54) is 6.07 Å². The number of carbonyl (C=O) groups is 1. The van der Waals surface area contributed by atoms with Crippen molar-refractivity contribution in [1.29, 1.82) is 0 Å². The van der Waals surface area contributed by atoms with E-state index in [1.54, 1.807) is 37.6 Å². The lowest BCUT2D eigenvalue weighted by molar-refractivity contribution is 0.0602. The molecule has 0 aliphatic carbocycles. The number of pyridine rings is 1. The van der Waals surface area contributed by atoms with Gasteiger partial charge < -0.3 is 18.9 Å². The number of methoxy groups -OCH3 is 1. The molecule has 3 aromatic heterocycles. The van der Waals surface area contributed by atoms with Gasteiger partial charge in [-0.2, -0.15) is 5.10 Å². The van der Waals surface area contributed by atoms with Crippen LogP contribution in [0.3, 0.4) is 0 Å². The third-order valence-electron chi connectivity index (χ3n) is 6.66. The summed E-state index contributed by atoms with van der Waals surface area (Å²) in [4.78, 5) is 18.9. The lowest BCUT2D eigenvalue weighted by atomic mass is 9.92. The number of ether oxygens (including phenoxy) is 2. The number of fused-ring (bicyclic) bond motifs is 1. The SMILES string of the molecule is COCCOc1cc2[nH]nc(-c3cc(-c4ccc(C(=O)N5CC(c6cccnc6)C5)cc4)no3)c2cc1F. The fourth-order valence-electron chi connectivity index (χ4n) is 4.51. The molecular weight excluding hydrogens is 489 g/mol. The zero-order valence-electron chi connectivity index (χ0n) is 20.6. The number of nitrogens with one attached hydrogen (secondary N) is 1. The summed E-state index contributed by atoms with van der Waals surface area (Å²) in [6.45, 7) is 1.95. The van der Waals surface area contributed by atoms with Crippen LogP contribution in [0.2, 0.25) is 0 Å². The quantitative estimate of drug-likeness (QED) is 0.300. The third-order valence-corrected chi connectivity index (χ3v) is 6.66. The average Bonchev–Trinajstić information content (AvgIpc) is 3.56. The number of nitrogens with zero attached hydrogens (tertiary/aromatic N) is 4. The molecule has 0 spiro atoms. The molecule has 4 heterocycles. The largest absolute Gasteiger partial charge is 0.488 e. The first-order chi connectivity index (χ1) is 18.6. The van der Waals surface area contributed by atoms with E-state index in [-0.39, 0.29) is 18.3 Å². The zero-order chi connectivity index (χ0) is 26.1. The normalized spacial score (nSPS) is 13.6. The summed E-state index contributed by atoms with van der Waals surface area (Å²) in [6.07, 6.45) is 3.60. The number of likely N-dealkylation sites (tertiary alicyclic amines) is 1. The Labute approximate surface area is 217 Å². The molecule has 192 valence electrons. The molecule has 1 fully saturated rings. The Morgan fingerprint density at radius 3 is 2.76 bits per heavy atom. The summed E-state index contributed by atoms with van der Waals surface area (Å²) in [5, 5.41) is 11.9. The van der Waals surface area contributed by atoms with Crippen molar-refractivity contribution in [3.8, 4) is 28.5 Å². The standard InChI is InChI=1S/C28H24FN5O4/c1-36-9-10-37-25-13-24-21(11-22(25)29)27(32-31-24)26-12-23(33-38-26)17-4-6-18(7-5-17)28(35)34-15-20(16-34)19-3-2-8-30-14-19/h2-8,11-14,20H,9-10,15-16H2,1H3,(H,31,32). The molecular formula is C28H24FN5O4. The number of hydrogen-bond acceptors (Lipinski definition) is 7. The number of carbonyl (C=O) groups excluding carboxylic acids is 1. The van der Waals surface area contributed by atoms with Gasteiger partial charge in [-0.15, -0.1) is 0 Å². The topological polar surface area (TPSA) is 106 Å². The van der Waals surface area contributed by atoms with E-state index in [9.17, 15) is 9.18 Å². The number of aromatic nitrogens is 4. The van der Waals surface area contributed by atoms with Gasteiger partial charge in [-0.3, -0.25) is 14.9 Å². The van der Waals surface area contributed by atoms with Gasteiger partial charge in [0, 0.05) is 67.2 Å². The second-order valence-corrected chi connectivity index (χ2v) is 9.09. The van der Waals surface area contributed by atoms with Gasteiger partial charge in [-0.05, 0) is 29.8 Å². The number of hydrogen-bond donors (Lipinski definition) is 1. The minimum Gasteiger partial charge on any atom is -0.488 e. The summed E-state index contributed by atoms with van der Waals surface area (Å²) in [7, 11) is 1.55. The monoisotopic (exact) mass is 513 g/mol. The lowest BCUT2D eigenvalue weighted by Crippen LogP contribution is -2.48. The molecule has 0 atom stereocenters. The first-order valence-corrected chi connectivity index (χ1v) is 12.2. The average molecular weight is 514 g/mol. The molecule has 0 bridgehead atoms. The molecule has 1 aliphatic rings. The second kappa shape index (κ2) is 10.1. The predicted molar refractivity (Wildman–Crippen MR) is 137 cm³/mol. The van der Waals surface area contributed by atoms with Crippen LogP contribution < -0.4 is 4.74 Å². The van der Waals surface area contributed by atoms with Crippen molar-refractivity contribution < 1.29 is 23.2 Å². The van der Waals surface area contributed by atoms with Crippen LogP contribution >= 0.6 is 0 Å². The van der Waals surface area contributed by atoms with E-state index in [1.807, 2.05) is 35.4 Å². The van der Waals surface area contributed by atoms with Crippen molar-refractivity contribution in [3.05, 3.63) is 83.9 Å². The minimum absolute atomic E-state index is 0.00637. The Morgan fingerprint density at radius 1 is 1.16 bits per heavy atom. The van der Waals surface area contributed by atoms with Crippen molar-refractivity contribution in [2.75, 3.05) is 33.4 Å². The molecule has 0 unspecified atom stereocenters. The van der Waals surface area contributed by atoms with Crippen LogP contribution in [-0.4, -0.2) is 64.6 Å². The maximum atomic E-state index is 14.6. The number of aromatic amines is 1. The number of benzene rings is 2. The van der Waals surface area contributed by atoms with E-state index < -0.39 is 5.82 Å². The van der Waals surface area contributed by atoms with Crippen molar-refractivity contribution >= 4 is 16.8 Å². The highest BCUT2D eigenvalue weighted by Gasteiger charge is 2.32. The number of halogens is 1. The van der Waals surface area contributed by atoms with Gasteiger partial charge in [-0.1, -0.05) is 23.4 Å². The Morgan fingerprint density at radius 2 is 2.00 bits per heavy atom. The van der Waals surface area contributed by atoms with Gasteiger partial charge >= 0.3 is 0 Å². The van der Waals surface area contributed by atoms with Crippen LogP contribution in [0.5, 0.6) is 5.75 Å². The highest BCUT2D eigenvalue weighted by molar-refractivity contribution is 5.95. The van der Waals surface area contributed by atoms with Crippen molar-refractivity contribution in [1.82, 2.24) is 25.2 Å². The molecule has 10 heteroatoms. The van der Waals surface area contributed by atoms with E-state index >= 15 is 0 Å². The smallest absolute Gasteiger partial charge is 0.253 e. The molecule has 1 saturated heterocycles. The molecule has 5 aromatic rings. The summed E-state index contributed by atoms with van der Waals surface area (Å²) in [5.41, 5.74) is 4.17. The first kappa shape index (κ1) is 23.8. The first-order valence-electron chi connectivity index (χ1n) is 12.2. The van der Waals surface area contributed by atoms with E-state index in [2.05, 4.69) is 20.3 Å². The van der Waals surface area contributed by atoms with Gasteiger partial charge in [0.15, 0.2) is 17.3 Å². The summed E-state index contributed by atoms with van der Waals surface area (Å²) in [5.74, 6) is 0.310. The van der Waals surface area contributed by atoms with Crippen molar-refractivity contribution in [2.24, 2.45) is 0 Å². The Bertz CT molecular complexity index is 1580. The van der Waals surface area contributed by atoms with E-state index in [0.29, 0.717) is 59.2 Å². The number of amides is 1. The van der Waals surface area contributed by atoms with Crippen molar-refractivity contribution in [3.63, 3.8) is 0 Å². The van der Waals surface area contributed by atoms with Gasteiger partial charge in [0.2, 0.25) is 0 Å². The Hall–Kier alpha value is -4.57. The molecule has 0 saturated carbocycles. The number of H-pyrrole nitrogens is 1. The van der Waals surface area contributed by atoms with Crippen LogP contribution in [0, 0.1) is 5.82 Å². The van der Waals surface area contributed by atoms with Crippen molar-refractivity contribution in [2.45, 2.75) is 5.92 Å². The number of rotatable bonds is 8. The molecule has 1 aliphatic heterocycles. The van der Waals surface area contributed by atoms with Gasteiger partial charge in [0.1, 0.15) is 18.0 Å². The van der Waals surface area contributed by atoms with E-state index in [4.69, 9.17) is 14.0 Å². The lowest BCUT2D eigenvalue weighted by Gasteiger charge is -2.39. The maximum Gasteiger partial charge on any atom is 0.253 e. The molecule has 9 nitrogen and oxygen atoms in total. The van der Waals surface area contributed by atoms with Gasteiger partial charge in [0.25, 0.3) is 5.91 Å². The Balaban J connectivity index is 1.15. The van der Waals surface area contributed by atoms with Crippen LogP contribution in [0.4, 0.5) is 4.39 Å². The molecule has 6 rings (SSSR count). The van der Waals surface area contributed by atoms with Crippen LogP contribution in [-0.2, 0) is 4.74 Å². The fraction of sp³-hybridized carbons (Fsp3) is 0.214. The predicted octanol–water partition coefficient (Wildman–Crippen LogP) is 4.68. The summed E-state index contributed by atoms with van der Waals surface area (Å²) < 4.78 is 30.5. The summed E-state index contributed by atoms with van der Waals surface area (Å²) in [6, 6.07) is 15.8. The highest BCUT2D eigenvalue weighted by Crippen LogP contribution is 2.33.